The van der Waals surface area contributed by atoms with E-state index >= 15 is 0 Å². The monoisotopic (exact) mass is 312 g/mol. The van der Waals surface area contributed by atoms with Gasteiger partial charge in [-0.25, -0.2) is 0 Å². The van der Waals surface area contributed by atoms with Crippen molar-refractivity contribution in [2.45, 2.75) is 73.6 Å². The molecule has 0 aliphatic heterocycles. The second kappa shape index (κ2) is 12.9. The van der Waals surface area contributed by atoms with Crippen molar-refractivity contribution in [2.24, 2.45) is 0 Å². The molecule has 0 radical (unpaired) electrons. The predicted octanol–water partition coefficient (Wildman–Crippen LogP) is 7.87. The van der Waals surface area contributed by atoms with E-state index in [1.165, 1.54) is 35.1 Å². The first kappa shape index (κ1) is 21.4. The van der Waals surface area contributed by atoms with Gasteiger partial charge in [0.15, 0.2) is 0 Å². The first-order valence-electron chi connectivity index (χ1n) is 9.48. The second-order valence-electron chi connectivity index (χ2n) is 5.15. The van der Waals surface area contributed by atoms with Gasteiger partial charge in [-0.1, -0.05) is 97.0 Å². The van der Waals surface area contributed by atoms with Gasteiger partial charge in [-0.05, 0) is 47.4 Å². The lowest BCUT2D eigenvalue weighted by molar-refractivity contribution is 0.643. The summed E-state index contributed by atoms with van der Waals surface area (Å²) in [6.45, 7) is 14.8. The van der Waals surface area contributed by atoms with Gasteiger partial charge >= 0.3 is 0 Å². The van der Waals surface area contributed by atoms with Crippen molar-refractivity contribution in [3.8, 4) is 11.1 Å². The average molecular weight is 313 g/mol. The average Bonchev–Trinajstić information content (AvgIpc) is 2.66. The first-order valence-corrected chi connectivity index (χ1v) is 9.48. The van der Waals surface area contributed by atoms with Crippen molar-refractivity contribution in [1.82, 2.24) is 0 Å². The van der Waals surface area contributed by atoms with Crippen molar-refractivity contribution in [3.63, 3.8) is 0 Å². The molecule has 0 heteroatoms. The van der Waals surface area contributed by atoms with Crippen LogP contribution in [0.2, 0.25) is 0 Å². The molecule has 23 heavy (non-hydrogen) atoms. The van der Waals surface area contributed by atoms with Crippen LogP contribution in [0.5, 0.6) is 0 Å². The van der Waals surface area contributed by atoms with Gasteiger partial charge in [0.1, 0.15) is 0 Å². The van der Waals surface area contributed by atoms with E-state index in [-0.39, 0.29) is 0 Å². The lowest BCUT2D eigenvalue weighted by Gasteiger charge is -2.18. The van der Waals surface area contributed by atoms with Crippen LogP contribution in [-0.2, 0) is 6.42 Å². The highest BCUT2D eigenvalue weighted by Crippen LogP contribution is 2.33. The van der Waals surface area contributed by atoms with Crippen LogP contribution in [0.3, 0.4) is 0 Å². The molecule has 128 valence electrons. The maximum absolute atomic E-state index is 2.33. The highest BCUT2D eigenvalue weighted by Gasteiger charge is 2.12. The van der Waals surface area contributed by atoms with Crippen LogP contribution in [0.15, 0.2) is 48.5 Å². The molecule has 0 aromatic heterocycles. The first-order chi connectivity index (χ1) is 11.3. The molecule has 0 N–H and O–H groups in total. The van der Waals surface area contributed by atoms with E-state index in [2.05, 4.69) is 69.3 Å². The summed E-state index contributed by atoms with van der Waals surface area (Å²) in [7, 11) is 0. The van der Waals surface area contributed by atoms with Gasteiger partial charge < -0.3 is 0 Å². The zero-order chi connectivity index (χ0) is 17.7. The van der Waals surface area contributed by atoms with Crippen molar-refractivity contribution in [1.29, 1.82) is 0 Å². The molecule has 0 atom stereocenters. The summed E-state index contributed by atoms with van der Waals surface area (Å²) in [6.07, 6.45) is 3.52. The third-order valence-electron chi connectivity index (χ3n) is 4.03. The molecule has 0 aliphatic carbocycles. The molecule has 2 aromatic rings. The van der Waals surface area contributed by atoms with Crippen LogP contribution in [-0.4, -0.2) is 0 Å². The second-order valence-corrected chi connectivity index (χ2v) is 5.15. The van der Waals surface area contributed by atoms with E-state index in [0.29, 0.717) is 5.92 Å². The van der Waals surface area contributed by atoms with Crippen LogP contribution in [0.4, 0.5) is 0 Å². The number of aryl methyl sites for hydroxylation is 1. The molecule has 0 fully saturated rings. The standard InChI is InChI=1S/C19H24.2C2H6/c1-4-15-10-9-11-17(14-15)19-13-8-7-12-18(19)16(5-2)6-3;2*1-2/h7-14,16H,4-6H2,1-3H3;2*1-2H3. The topological polar surface area (TPSA) is 0 Å². The molecule has 0 saturated carbocycles. The smallest absolute Gasteiger partial charge is 0.0149 e. The molecule has 0 amide bonds. The Kier molecular flexibility index (Phi) is 12.1. The van der Waals surface area contributed by atoms with Gasteiger partial charge in [-0.2, -0.15) is 0 Å². The Hall–Kier alpha value is -1.56. The Bertz CT molecular complexity index is 521. The molecule has 0 spiro atoms. The lowest BCUT2D eigenvalue weighted by atomic mass is 9.87. The Labute approximate surface area is 145 Å². The minimum atomic E-state index is 0.668. The molecule has 2 rings (SSSR count). The van der Waals surface area contributed by atoms with Crippen LogP contribution in [0.1, 0.15) is 78.4 Å². The molecule has 0 saturated heterocycles. The number of hydrogen-bond donors (Lipinski definition) is 0. The van der Waals surface area contributed by atoms with E-state index in [0.717, 1.165) is 6.42 Å². The normalized spacial score (nSPS) is 9.57. The van der Waals surface area contributed by atoms with Gasteiger partial charge in [0.25, 0.3) is 0 Å². The molecule has 0 unspecified atom stereocenters. The summed E-state index contributed by atoms with van der Waals surface area (Å²) in [6, 6.07) is 17.8. The summed E-state index contributed by atoms with van der Waals surface area (Å²) in [5, 5.41) is 0. The predicted molar refractivity (Wildman–Crippen MR) is 107 cm³/mol. The summed E-state index contributed by atoms with van der Waals surface area (Å²) in [4.78, 5) is 0. The van der Waals surface area contributed by atoms with E-state index in [4.69, 9.17) is 0 Å². The maximum atomic E-state index is 2.33. The fourth-order valence-corrected chi connectivity index (χ4v) is 2.80. The fraction of sp³-hybridized carbons (Fsp3) is 0.478. The Morgan fingerprint density at radius 3 is 1.91 bits per heavy atom. The number of rotatable bonds is 5. The molecule has 0 bridgehead atoms. The van der Waals surface area contributed by atoms with E-state index in [1.807, 2.05) is 27.7 Å². The molecular formula is C23H36. The third-order valence-corrected chi connectivity index (χ3v) is 4.03. The minimum absolute atomic E-state index is 0.668. The SMILES string of the molecule is CC.CC.CCc1cccc(-c2ccccc2C(CC)CC)c1. The molecule has 2 aromatic carbocycles. The zero-order valence-corrected chi connectivity index (χ0v) is 16.3. The van der Waals surface area contributed by atoms with Gasteiger partial charge in [0.05, 0.1) is 0 Å². The van der Waals surface area contributed by atoms with E-state index < -0.39 is 0 Å². The van der Waals surface area contributed by atoms with Crippen LogP contribution in [0.25, 0.3) is 11.1 Å². The summed E-state index contributed by atoms with van der Waals surface area (Å²) in [5.74, 6) is 0.668. The Balaban J connectivity index is 0.00000112. The zero-order valence-electron chi connectivity index (χ0n) is 16.3. The lowest BCUT2D eigenvalue weighted by Crippen LogP contribution is -1.98. The van der Waals surface area contributed by atoms with Crippen molar-refractivity contribution >= 4 is 0 Å². The van der Waals surface area contributed by atoms with Crippen molar-refractivity contribution < 1.29 is 0 Å². The highest BCUT2D eigenvalue weighted by atomic mass is 14.2. The third kappa shape index (κ3) is 6.22. The van der Waals surface area contributed by atoms with Crippen LogP contribution < -0.4 is 0 Å². The fourth-order valence-electron chi connectivity index (χ4n) is 2.80. The van der Waals surface area contributed by atoms with Gasteiger partial charge in [-0.15, -0.1) is 0 Å². The Morgan fingerprint density at radius 1 is 0.739 bits per heavy atom. The molecular weight excluding hydrogens is 276 g/mol. The quantitative estimate of drug-likeness (QED) is 0.527. The molecule has 0 aliphatic rings. The summed E-state index contributed by atoms with van der Waals surface area (Å²) in [5.41, 5.74) is 5.69. The van der Waals surface area contributed by atoms with Gasteiger partial charge in [0.2, 0.25) is 0 Å². The van der Waals surface area contributed by atoms with E-state index in [1.54, 1.807) is 0 Å². The van der Waals surface area contributed by atoms with Gasteiger partial charge in [-0.3, -0.25) is 0 Å². The maximum Gasteiger partial charge on any atom is -0.0149 e. The van der Waals surface area contributed by atoms with Crippen LogP contribution in [0, 0.1) is 0 Å². The Morgan fingerprint density at radius 2 is 1.35 bits per heavy atom. The summed E-state index contributed by atoms with van der Waals surface area (Å²) >= 11 is 0. The van der Waals surface area contributed by atoms with Crippen LogP contribution >= 0.6 is 0 Å². The highest BCUT2D eigenvalue weighted by molar-refractivity contribution is 5.68. The van der Waals surface area contributed by atoms with Gasteiger partial charge in [0, 0.05) is 0 Å². The largest absolute Gasteiger partial charge is 0.0683 e. The van der Waals surface area contributed by atoms with Crippen molar-refractivity contribution in [3.05, 3.63) is 59.7 Å². The minimum Gasteiger partial charge on any atom is -0.0683 e. The molecule has 0 heterocycles. The molecule has 0 nitrogen and oxygen atoms in total. The summed E-state index contributed by atoms with van der Waals surface area (Å²) < 4.78 is 0. The number of hydrogen-bond acceptors (Lipinski definition) is 0. The number of benzene rings is 2. The van der Waals surface area contributed by atoms with E-state index in [9.17, 15) is 0 Å². The van der Waals surface area contributed by atoms with Crippen molar-refractivity contribution in [2.75, 3.05) is 0 Å².